The van der Waals surface area contributed by atoms with Crippen LogP contribution in [0.4, 0.5) is 0 Å². The molecule has 0 aromatic carbocycles. The van der Waals surface area contributed by atoms with Crippen molar-refractivity contribution in [2.45, 2.75) is 39.0 Å². The van der Waals surface area contributed by atoms with Gasteiger partial charge in [-0.2, -0.15) is 0 Å². The molecule has 68 valence electrons. The van der Waals surface area contributed by atoms with E-state index in [1.165, 1.54) is 25.7 Å². The van der Waals surface area contributed by atoms with Gasteiger partial charge in [0.1, 0.15) is 0 Å². The molecule has 2 nitrogen and oxygen atoms in total. The fourth-order valence-corrected chi connectivity index (χ4v) is 0.715. The van der Waals surface area contributed by atoms with Crippen molar-refractivity contribution in [3.05, 3.63) is 0 Å². The summed E-state index contributed by atoms with van der Waals surface area (Å²) in [7, 11) is 0. The first-order chi connectivity index (χ1) is 5.41. The Kier molecular flexibility index (Phi) is 9.85. The first-order valence-corrected chi connectivity index (χ1v) is 4.60. The highest BCUT2D eigenvalue weighted by molar-refractivity contribution is 4.39. The summed E-state index contributed by atoms with van der Waals surface area (Å²) in [6, 6.07) is 0. The molecule has 0 unspecified atom stereocenters. The summed E-state index contributed by atoms with van der Waals surface area (Å²) in [6.45, 7) is 4.56. The van der Waals surface area contributed by atoms with Gasteiger partial charge in [0.2, 0.25) is 0 Å². The van der Waals surface area contributed by atoms with Crippen LogP contribution in [0.3, 0.4) is 0 Å². The van der Waals surface area contributed by atoms with Crippen molar-refractivity contribution in [2.75, 3.05) is 19.8 Å². The topological polar surface area (TPSA) is 32.8 Å². The van der Waals surface area contributed by atoms with Crippen molar-refractivity contribution in [1.29, 1.82) is 0 Å². The molecule has 11 heavy (non-hydrogen) atoms. The summed E-state index contributed by atoms with van der Waals surface area (Å²) in [5.74, 6) is 0. The Morgan fingerprint density at radius 3 is 2.00 bits per heavy atom. The Labute approximate surface area is 69.6 Å². The number of aliphatic hydroxyl groups excluding tert-OH is 1. The van der Waals surface area contributed by atoms with E-state index in [2.05, 4.69) is 11.7 Å². The van der Waals surface area contributed by atoms with Crippen LogP contribution in [0.15, 0.2) is 0 Å². The minimum Gasteiger partial charge on any atom is -0.396 e. The molecule has 1 rings (SSSR count). The summed E-state index contributed by atoms with van der Waals surface area (Å²) < 4.78 is 4.50. The van der Waals surface area contributed by atoms with Gasteiger partial charge in [-0.3, -0.25) is 0 Å². The zero-order valence-corrected chi connectivity index (χ0v) is 7.51. The Bertz CT molecular complexity index is 53.8. The number of ether oxygens (including phenoxy) is 1. The highest BCUT2D eigenvalue weighted by Crippen LogP contribution is 2.00. The fraction of sp³-hybridized carbons (Fsp3) is 1.00. The van der Waals surface area contributed by atoms with Crippen LogP contribution in [-0.2, 0) is 4.74 Å². The number of rotatable bonds is 5. The van der Waals surface area contributed by atoms with Gasteiger partial charge < -0.3 is 9.84 Å². The van der Waals surface area contributed by atoms with Gasteiger partial charge in [0, 0.05) is 6.61 Å². The third-order valence-corrected chi connectivity index (χ3v) is 1.47. The molecule has 0 bridgehead atoms. The van der Waals surface area contributed by atoms with Crippen LogP contribution in [0, 0.1) is 0 Å². The highest BCUT2D eigenvalue weighted by atomic mass is 16.6. The van der Waals surface area contributed by atoms with Gasteiger partial charge in [-0.1, -0.05) is 32.6 Å². The van der Waals surface area contributed by atoms with E-state index in [-0.39, 0.29) is 0 Å². The molecule has 1 heterocycles. The maximum absolute atomic E-state index is 8.37. The van der Waals surface area contributed by atoms with Crippen molar-refractivity contribution in [3.8, 4) is 0 Å². The number of unbranched alkanes of at least 4 members (excludes halogenated alkanes) is 4. The lowest BCUT2D eigenvalue weighted by Gasteiger charge is -1.93. The first-order valence-electron chi connectivity index (χ1n) is 4.60. The van der Waals surface area contributed by atoms with Crippen LogP contribution in [0.25, 0.3) is 0 Å². The summed E-state index contributed by atoms with van der Waals surface area (Å²) in [6.07, 6.45) is 6.08. The standard InChI is InChI=1S/C7H16O.C2H4O/c1-2-3-4-5-6-7-8;1-2-3-1/h8H,2-7H2,1H3;1-2H2. The molecule has 1 fully saturated rings. The van der Waals surface area contributed by atoms with Crippen molar-refractivity contribution in [2.24, 2.45) is 0 Å². The third kappa shape index (κ3) is 17.8. The van der Waals surface area contributed by atoms with Crippen LogP contribution in [0.1, 0.15) is 39.0 Å². The quantitative estimate of drug-likeness (QED) is 0.492. The number of hydrogen-bond donors (Lipinski definition) is 1. The zero-order chi connectivity index (χ0) is 8.36. The summed E-state index contributed by atoms with van der Waals surface area (Å²) >= 11 is 0. The number of aliphatic hydroxyl groups is 1. The molecular formula is C9H20O2. The Morgan fingerprint density at radius 1 is 1.09 bits per heavy atom. The first kappa shape index (κ1) is 10.9. The summed E-state index contributed by atoms with van der Waals surface area (Å²) in [5, 5.41) is 8.37. The maximum atomic E-state index is 8.37. The van der Waals surface area contributed by atoms with E-state index >= 15 is 0 Å². The molecule has 0 spiro atoms. The van der Waals surface area contributed by atoms with Gasteiger partial charge in [0.05, 0.1) is 13.2 Å². The molecule has 1 saturated heterocycles. The van der Waals surface area contributed by atoms with Crippen molar-refractivity contribution >= 4 is 0 Å². The van der Waals surface area contributed by atoms with Crippen LogP contribution >= 0.6 is 0 Å². The molecule has 1 aliphatic rings. The highest BCUT2D eigenvalue weighted by Gasteiger charge is 1.94. The average Bonchev–Trinajstić information content (AvgIpc) is 2.84. The average molecular weight is 160 g/mol. The number of hydrogen-bond acceptors (Lipinski definition) is 2. The van der Waals surface area contributed by atoms with E-state index in [0.29, 0.717) is 6.61 Å². The predicted octanol–water partition coefficient (Wildman–Crippen LogP) is 1.97. The summed E-state index contributed by atoms with van der Waals surface area (Å²) in [4.78, 5) is 0. The molecule has 0 radical (unpaired) electrons. The van der Waals surface area contributed by atoms with E-state index in [4.69, 9.17) is 5.11 Å². The van der Waals surface area contributed by atoms with Crippen molar-refractivity contribution in [1.82, 2.24) is 0 Å². The minimum atomic E-state index is 0.365. The Balaban J connectivity index is 0.000000271. The molecule has 0 aliphatic carbocycles. The molecule has 0 saturated carbocycles. The summed E-state index contributed by atoms with van der Waals surface area (Å²) in [5.41, 5.74) is 0. The second-order valence-electron chi connectivity index (χ2n) is 2.75. The molecule has 0 aromatic rings. The van der Waals surface area contributed by atoms with E-state index in [1.54, 1.807) is 0 Å². The molecule has 1 N–H and O–H groups in total. The van der Waals surface area contributed by atoms with Crippen LogP contribution in [0.5, 0.6) is 0 Å². The molecule has 2 heteroatoms. The van der Waals surface area contributed by atoms with Crippen molar-refractivity contribution < 1.29 is 9.84 Å². The SMILES string of the molecule is C1CO1.CCCCCCCO. The van der Waals surface area contributed by atoms with Gasteiger partial charge >= 0.3 is 0 Å². The second-order valence-corrected chi connectivity index (χ2v) is 2.75. The van der Waals surface area contributed by atoms with E-state index in [1.807, 2.05) is 0 Å². The zero-order valence-electron chi connectivity index (χ0n) is 7.51. The lowest BCUT2D eigenvalue weighted by Crippen LogP contribution is -1.81. The Hall–Kier alpha value is -0.0800. The van der Waals surface area contributed by atoms with Gasteiger partial charge in [0.25, 0.3) is 0 Å². The van der Waals surface area contributed by atoms with E-state index < -0.39 is 0 Å². The van der Waals surface area contributed by atoms with Crippen molar-refractivity contribution in [3.63, 3.8) is 0 Å². The smallest absolute Gasteiger partial charge is 0.0701 e. The molecule has 0 atom stereocenters. The number of epoxide rings is 1. The van der Waals surface area contributed by atoms with Gasteiger partial charge in [0.15, 0.2) is 0 Å². The van der Waals surface area contributed by atoms with E-state index in [0.717, 1.165) is 19.6 Å². The normalized spacial score (nSPS) is 13.6. The fourth-order valence-electron chi connectivity index (χ4n) is 0.715. The molecule has 1 aliphatic heterocycles. The van der Waals surface area contributed by atoms with Gasteiger partial charge in [-0.15, -0.1) is 0 Å². The predicted molar refractivity (Wildman–Crippen MR) is 46.7 cm³/mol. The molecule has 0 amide bonds. The largest absolute Gasteiger partial charge is 0.396 e. The second kappa shape index (κ2) is 9.92. The lowest BCUT2D eigenvalue weighted by molar-refractivity contribution is 0.282. The monoisotopic (exact) mass is 160 g/mol. The van der Waals surface area contributed by atoms with Crippen LogP contribution < -0.4 is 0 Å². The van der Waals surface area contributed by atoms with Gasteiger partial charge in [-0.05, 0) is 6.42 Å². The van der Waals surface area contributed by atoms with Crippen LogP contribution in [-0.4, -0.2) is 24.9 Å². The van der Waals surface area contributed by atoms with Crippen LogP contribution in [0.2, 0.25) is 0 Å². The van der Waals surface area contributed by atoms with E-state index in [9.17, 15) is 0 Å². The van der Waals surface area contributed by atoms with Gasteiger partial charge in [-0.25, -0.2) is 0 Å². The minimum absolute atomic E-state index is 0.365. The lowest BCUT2D eigenvalue weighted by atomic mass is 10.2. The third-order valence-electron chi connectivity index (χ3n) is 1.47. The maximum Gasteiger partial charge on any atom is 0.0701 e. The molecular weight excluding hydrogens is 140 g/mol. The Morgan fingerprint density at radius 2 is 1.64 bits per heavy atom. The molecule has 0 aromatic heterocycles.